The monoisotopic (exact) mass is 584 g/mol. The summed E-state index contributed by atoms with van der Waals surface area (Å²) in [5, 5.41) is 10.6. The van der Waals surface area contributed by atoms with Crippen molar-refractivity contribution in [1.29, 1.82) is 0 Å². The molecule has 10 heteroatoms. The van der Waals surface area contributed by atoms with E-state index in [0.29, 0.717) is 5.56 Å². The molecular weight excluding hydrogens is 564 g/mol. The summed E-state index contributed by atoms with van der Waals surface area (Å²) in [5.74, 6) is -1.13. The predicted octanol–water partition coefficient (Wildman–Crippen LogP) is 6.53. The van der Waals surface area contributed by atoms with Gasteiger partial charge in [0.05, 0.1) is 0 Å². The zero-order valence-electron chi connectivity index (χ0n) is 16.8. The molecule has 0 saturated carbocycles. The maximum absolute atomic E-state index is 13.7. The van der Waals surface area contributed by atoms with E-state index in [1.807, 2.05) is 20.8 Å². The molecule has 4 nitrogen and oxygen atoms in total. The Kier molecular flexibility index (Phi) is 6.47. The number of carboxylic acids is 1. The molecule has 1 aliphatic heterocycles. The Labute approximate surface area is 188 Å². The molecule has 168 valence electrons. The van der Waals surface area contributed by atoms with E-state index >= 15 is 0 Å². The van der Waals surface area contributed by atoms with Crippen LogP contribution in [0.25, 0.3) is 0 Å². The molecule has 1 N–H and O–H groups in total. The number of benzene rings is 1. The van der Waals surface area contributed by atoms with Crippen LogP contribution < -0.4 is 0 Å². The molecule has 1 aliphatic rings. The molecule has 1 aromatic carbocycles. The van der Waals surface area contributed by atoms with Crippen LogP contribution in [0.1, 0.15) is 41.6 Å². The Morgan fingerprint density at radius 3 is 2.35 bits per heavy atom. The number of alkyl halides is 3. The second-order valence-corrected chi connectivity index (χ2v) is 19.7. The molecule has 31 heavy (non-hydrogen) atoms. The van der Waals surface area contributed by atoms with Crippen LogP contribution in [0.15, 0.2) is 59.9 Å². The molecule has 0 radical (unpaired) electrons. The summed E-state index contributed by atoms with van der Waals surface area (Å²) in [6, 6.07) is 7.49. The van der Waals surface area contributed by atoms with Crippen LogP contribution in [-0.2, 0) is 18.8 Å². The van der Waals surface area contributed by atoms with Crippen molar-refractivity contribution in [3.8, 4) is 0 Å². The van der Waals surface area contributed by atoms with Gasteiger partial charge in [0.15, 0.2) is 0 Å². The average molecular weight is 584 g/mol. The molecular formula is C21H20F3IO4S2. The normalized spacial score (nSPS) is 16.3. The second kappa shape index (κ2) is 8.36. The Bertz CT molecular complexity index is 1190. The van der Waals surface area contributed by atoms with Gasteiger partial charge in [0, 0.05) is 0 Å². The number of hydrogen-bond donors (Lipinski definition) is 1. The van der Waals surface area contributed by atoms with Crippen LogP contribution >= 0.6 is 29.8 Å². The van der Waals surface area contributed by atoms with Crippen LogP contribution in [0.5, 0.6) is 0 Å². The fraction of sp³-hybridized carbons (Fsp3) is 0.286. The van der Waals surface area contributed by atoms with E-state index in [2.05, 4.69) is 0 Å². The quantitative estimate of drug-likeness (QED) is 0.321. The summed E-state index contributed by atoms with van der Waals surface area (Å²) in [7, 11) is -4.25. The van der Waals surface area contributed by atoms with E-state index in [-0.39, 0.29) is 25.2 Å². The Morgan fingerprint density at radius 2 is 1.81 bits per heavy atom. The first-order valence-corrected chi connectivity index (χ1v) is 16.1. The van der Waals surface area contributed by atoms with Gasteiger partial charge in [0.2, 0.25) is 0 Å². The fourth-order valence-corrected chi connectivity index (χ4v) is 16.1. The molecule has 0 bridgehead atoms. The molecule has 2 aromatic rings. The standard InChI is InChI=1S/C21H20F3IO4S2/c1-20(2,3)14-5-4-6-16(11-14)31(28,29)25-15(7-8-18(25)21(22,23)24)9-13-10-17(19(26)27)30-12-13/h4-8,10-12H,9H2,1-3H3,(H,26,27). The van der Waals surface area contributed by atoms with E-state index in [1.54, 1.807) is 12.1 Å². The van der Waals surface area contributed by atoms with Crippen LogP contribution in [-0.4, -0.2) is 25.7 Å². The molecule has 0 spiro atoms. The van der Waals surface area contributed by atoms with E-state index in [4.69, 9.17) is 5.11 Å². The SMILES string of the molecule is CC(C)(C)c1cccc(S(=O)(=O)I2C(Cc3csc(C(=O)O)c3)=CC=C2C(F)(F)F)c1. The van der Waals surface area contributed by atoms with E-state index < -0.39 is 41.2 Å². The van der Waals surface area contributed by atoms with Gasteiger partial charge >= 0.3 is 189 Å². The summed E-state index contributed by atoms with van der Waals surface area (Å²) in [5.41, 5.74) is 0.845. The third-order valence-corrected chi connectivity index (χ3v) is 18.2. The van der Waals surface area contributed by atoms with Gasteiger partial charge < -0.3 is 0 Å². The summed E-state index contributed by atoms with van der Waals surface area (Å²) in [4.78, 5) is 11.1. The number of hydrogen-bond acceptors (Lipinski definition) is 4. The van der Waals surface area contributed by atoms with Crippen molar-refractivity contribution >= 4 is 42.7 Å². The number of aromatic carboxylic acids is 1. The summed E-state index contributed by atoms with van der Waals surface area (Å²) < 4.78 is 67.4. The van der Waals surface area contributed by atoms with Gasteiger partial charge in [-0.15, -0.1) is 0 Å². The molecule has 0 atom stereocenters. The van der Waals surface area contributed by atoms with Gasteiger partial charge in [-0.3, -0.25) is 0 Å². The number of carboxylic acid groups (broad SMARTS) is 1. The number of halogens is 4. The number of thiophene rings is 1. The van der Waals surface area contributed by atoms with Gasteiger partial charge in [-0.1, -0.05) is 0 Å². The summed E-state index contributed by atoms with van der Waals surface area (Å²) in [6.07, 6.45) is -2.66. The summed E-state index contributed by atoms with van der Waals surface area (Å²) in [6.45, 7) is 5.70. The topological polar surface area (TPSA) is 71.4 Å². The number of allylic oxidation sites excluding steroid dienone is 4. The molecule has 0 saturated heterocycles. The van der Waals surface area contributed by atoms with Crippen LogP contribution in [0, 0.1) is 0 Å². The Morgan fingerprint density at radius 1 is 1.13 bits per heavy atom. The number of rotatable bonds is 5. The molecule has 2 heterocycles. The second-order valence-electron chi connectivity index (χ2n) is 7.89. The van der Waals surface area contributed by atoms with Gasteiger partial charge in [0.25, 0.3) is 0 Å². The molecule has 1 aromatic heterocycles. The molecule has 3 rings (SSSR count). The van der Waals surface area contributed by atoms with Gasteiger partial charge in [-0.2, -0.15) is 0 Å². The van der Waals surface area contributed by atoms with Gasteiger partial charge in [-0.25, -0.2) is 0 Å². The molecule has 0 unspecified atom stereocenters. The molecule has 0 amide bonds. The first kappa shape index (κ1) is 24.0. The van der Waals surface area contributed by atoms with Crippen molar-refractivity contribution in [1.82, 2.24) is 0 Å². The zero-order chi connectivity index (χ0) is 23.2. The maximum atomic E-state index is 13.7. The Balaban J connectivity index is 2.04. The van der Waals surface area contributed by atoms with Crippen LogP contribution in [0.2, 0.25) is 0 Å². The van der Waals surface area contributed by atoms with E-state index in [1.165, 1.54) is 29.7 Å². The van der Waals surface area contributed by atoms with E-state index in [9.17, 15) is 26.4 Å². The van der Waals surface area contributed by atoms with Crippen LogP contribution in [0.3, 0.4) is 0 Å². The summed E-state index contributed by atoms with van der Waals surface area (Å²) >= 11 is -2.98. The zero-order valence-corrected chi connectivity index (χ0v) is 20.6. The van der Waals surface area contributed by atoms with Crippen molar-refractivity contribution in [2.24, 2.45) is 0 Å². The van der Waals surface area contributed by atoms with Crippen molar-refractivity contribution in [2.45, 2.75) is 43.7 Å². The van der Waals surface area contributed by atoms with Crippen molar-refractivity contribution in [2.75, 3.05) is 0 Å². The average Bonchev–Trinajstić information content (AvgIpc) is 3.29. The van der Waals surface area contributed by atoms with Gasteiger partial charge in [0.1, 0.15) is 0 Å². The third-order valence-electron chi connectivity index (χ3n) is 4.51. The number of carbonyl (C=O) groups is 1. The minimum atomic E-state index is -4.75. The predicted molar refractivity (Wildman–Crippen MR) is 124 cm³/mol. The van der Waals surface area contributed by atoms with Gasteiger partial charge in [-0.05, 0) is 0 Å². The Hall–Kier alpha value is -1.66. The third kappa shape index (κ3) is 5.06. The van der Waals surface area contributed by atoms with Crippen molar-refractivity contribution < 1.29 is 31.5 Å². The van der Waals surface area contributed by atoms with E-state index in [0.717, 1.165) is 23.0 Å². The molecule has 0 fully saturated rings. The fourth-order valence-electron chi connectivity index (χ4n) is 2.94. The molecule has 0 aliphatic carbocycles. The first-order valence-electron chi connectivity index (χ1n) is 9.06. The van der Waals surface area contributed by atoms with Crippen LogP contribution in [0.4, 0.5) is 13.2 Å². The minimum absolute atomic E-state index is 0.0249. The van der Waals surface area contributed by atoms with Crippen molar-refractivity contribution in [3.05, 3.63) is 71.0 Å². The first-order chi connectivity index (χ1) is 14.2. The van der Waals surface area contributed by atoms with Crippen molar-refractivity contribution in [3.63, 3.8) is 0 Å².